The average Bonchev–Trinajstić information content (AvgIpc) is 2.79. The minimum Gasteiger partial charge on any atom is -0.494 e. The van der Waals surface area contributed by atoms with Gasteiger partial charge in [-0.2, -0.15) is 0 Å². The number of para-hydroxylation sites is 1. The van der Waals surface area contributed by atoms with Crippen molar-refractivity contribution >= 4 is 0 Å². The van der Waals surface area contributed by atoms with E-state index in [1.807, 2.05) is 31.2 Å². The van der Waals surface area contributed by atoms with Crippen LogP contribution in [0.1, 0.15) is 38.3 Å². The molecule has 0 aliphatic carbocycles. The third kappa shape index (κ3) is 2.83. The molecular weight excluding hydrogens is 228 g/mol. The van der Waals surface area contributed by atoms with Crippen LogP contribution in [0.5, 0.6) is 5.75 Å². The summed E-state index contributed by atoms with van der Waals surface area (Å²) in [6.45, 7) is 4.73. The quantitative estimate of drug-likeness (QED) is 0.621. The molecule has 4 heteroatoms. The van der Waals surface area contributed by atoms with Crippen molar-refractivity contribution in [3.05, 3.63) is 29.8 Å². The molecule has 1 saturated heterocycles. The second-order valence-electron chi connectivity index (χ2n) is 4.68. The Morgan fingerprint density at radius 3 is 2.83 bits per heavy atom. The van der Waals surface area contributed by atoms with Gasteiger partial charge < -0.3 is 9.47 Å². The van der Waals surface area contributed by atoms with E-state index in [2.05, 4.69) is 12.3 Å². The monoisotopic (exact) mass is 250 g/mol. The third-order valence-electron chi connectivity index (χ3n) is 3.37. The molecule has 0 saturated carbocycles. The molecular formula is C14H22N2O2. The molecule has 18 heavy (non-hydrogen) atoms. The van der Waals surface area contributed by atoms with Crippen LogP contribution >= 0.6 is 0 Å². The van der Waals surface area contributed by atoms with E-state index in [-0.39, 0.29) is 12.1 Å². The fraction of sp³-hybridized carbons (Fsp3) is 0.571. The molecule has 1 aromatic rings. The number of hydrogen-bond acceptors (Lipinski definition) is 4. The molecule has 4 nitrogen and oxygen atoms in total. The van der Waals surface area contributed by atoms with Crippen molar-refractivity contribution in [2.75, 3.05) is 6.61 Å². The Labute approximate surface area is 108 Å². The first kappa shape index (κ1) is 13.3. The van der Waals surface area contributed by atoms with Crippen molar-refractivity contribution in [1.29, 1.82) is 0 Å². The van der Waals surface area contributed by atoms with Gasteiger partial charge in [0.15, 0.2) is 0 Å². The lowest BCUT2D eigenvalue weighted by atomic mass is 9.99. The van der Waals surface area contributed by atoms with Gasteiger partial charge in [-0.3, -0.25) is 11.3 Å². The molecule has 0 aromatic heterocycles. The minimum absolute atomic E-state index is 0.0160. The second-order valence-corrected chi connectivity index (χ2v) is 4.68. The summed E-state index contributed by atoms with van der Waals surface area (Å²) in [5, 5.41) is 0. The van der Waals surface area contributed by atoms with Gasteiger partial charge in [0.05, 0.1) is 24.9 Å². The lowest BCUT2D eigenvalue weighted by Crippen LogP contribution is -2.36. The zero-order valence-corrected chi connectivity index (χ0v) is 11.1. The predicted octanol–water partition coefficient (Wildman–Crippen LogP) is 2.16. The Morgan fingerprint density at radius 2 is 2.22 bits per heavy atom. The molecule has 0 spiro atoms. The summed E-state index contributed by atoms with van der Waals surface area (Å²) in [4.78, 5) is 0. The van der Waals surface area contributed by atoms with Crippen LogP contribution in [0.4, 0.5) is 0 Å². The van der Waals surface area contributed by atoms with Crippen LogP contribution in [0.3, 0.4) is 0 Å². The summed E-state index contributed by atoms with van der Waals surface area (Å²) in [5.41, 5.74) is 3.94. The molecule has 3 N–H and O–H groups in total. The second kappa shape index (κ2) is 6.18. The Bertz CT molecular complexity index is 384. The van der Waals surface area contributed by atoms with Crippen LogP contribution in [0, 0.1) is 0 Å². The van der Waals surface area contributed by atoms with E-state index in [4.69, 9.17) is 15.3 Å². The van der Waals surface area contributed by atoms with Crippen molar-refractivity contribution in [2.24, 2.45) is 5.84 Å². The van der Waals surface area contributed by atoms with Gasteiger partial charge in [-0.15, -0.1) is 0 Å². The highest BCUT2D eigenvalue weighted by atomic mass is 16.5. The van der Waals surface area contributed by atoms with E-state index >= 15 is 0 Å². The molecule has 0 amide bonds. The van der Waals surface area contributed by atoms with Crippen molar-refractivity contribution < 1.29 is 9.47 Å². The Kier molecular flexibility index (Phi) is 4.58. The molecule has 3 atom stereocenters. The van der Waals surface area contributed by atoms with E-state index < -0.39 is 0 Å². The first-order chi connectivity index (χ1) is 8.76. The average molecular weight is 250 g/mol. The van der Waals surface area contributed by atoms with Crippen molar-refractivity contribution in [3.8, 4) is 5.75 Å². The smallest absolute Gasteiger partial charge is 0.124 e. The lowest BCUT2D eigenvalue weighted by molar-refractivity contribution is 0.0309. The molecule has 0 bridgehead atoms. The maximum Gasteiger partial charge on any atom is 0.124 e. The van der Waals surface area contributed by atoms with Crippen LogP contribution in [-0.2, 0) is 4.74 Å². The molecule has 100 valence electrons. The van der Waals surface area contributed by atoms with Gasteiger partial charge in [-0.05, 0) is 32.8 Å². The van der Waals surface area contributed by atoms with Crippen molar-refractivity contribution in [2.45, 2.75) is 44.9 Å². The summed E-state index contributed by atoms with van der Waals surface area (Å²) in [5.74, 6) is 6.59. The van der Waals surface area contributed by atoms with E-state index in [9.17, 15) is 0 Å². The largest absolute Gasteiger partial charge is 0.494 e. The van der Waals surface area contributed by atoms with Crippen LogP contribution in [0.25, 0.3) is 0 Å². The molecule has 1 aliphatic heterocycles. The van der Waals surface area contributed by atoms with Crippen LogP contribution in [-0.4, -0.2) is 18.8 Å². The fourth-order valence-corrected chi connectivity index (χ4v) is 2.50. The van der Waals surface area contributed by atoms with Crippen LogP contribution in [0.15, 0.2) is 24.3 Å². The minimum atomic E-state index is -0.0160. The summed E-state index contributed by atoms with van der Waals surface area (Å²) < 4.78 is 11.6. The first-order valence-electron chi connectivity index (χ1n) is 6.59. The molecule has 1 heterocycles. The highest BCUT2D eigenvalue weighted by molar-refractivity contribution is 5.36. The zero-order chi connectivity index (χ0) is 13.0. The van der Waals surface area contributed by atoms with E-state index in [1.165, 1.54) is 0 Å². The number of ether oxygens (including phenoxy) is 2. The summed E-state index contributed by atoms with van der Waals surface area (Å²) in [6, 6.07) is 7.97. The topological polar surface area (TPSA) is 56.5 Å². The fourth-order valence-electron chi connectivity index (χ4n) is 2.50. The highest BCUT2D eigenvalue weighted by Crippen LogP contribution is 2.33. The molecule has 1 aliphatic rings. The van der Waals surface area contributed by atoms with Gasteiger partial charge >= 0.3 is 0 Å². The first-order valence-corrected chi connectivity index (χ1v) is 6.59. The van der Waals surface area contributed by atoms with Gasteiger partial charge in [-0.1, -0.05) is 18.2 Å². The number of hydrogen-bond donors (Lipinski definition) is 2. The molecule has 1 aromatic carbocycles. The number of hydrazine groups is 1. The SMILES string of the molecule is CCOc1ccccc1C(NN)C1CCC(C)O1. The molecule has 1 fully saturated rings. The van der Waals surface area contributed by atoms with Gasteiger partial charge in [-0.25, -0.2) is 0 Å². The Balaban J connectivity index is 2.21. The van der Waals surface area contributed by atoms with E-state index in [1.54, 1.807) is 0 Å². The predicted molar refractivity (Wildman–Crippen MR) is 71.2 cm³/mol. The summed E-state index contributed by atoms with van der Waals surface area (Å²) >= 11 is 0. The van der Waals surface area contributed by atoms with Gasteiger partial charge in [0.1, 0.15) is 5.75 Å². The van der Waals surface area contributed by atoms with Gasteiger partial charge in [0.2, 0.25) is 0 Å². The van der Waals surface area contributed by atoms with Gasteiger partial charge in [0.25, 0.3) is 0 Å². The number of benzene rings is 1. The number of nitrogens with two attached hydrogens (primary N) is 1. The van der Waals surface area contributed by atoms with Crippen LogP contribution in [0.2, 0.25) is 0 Å². The molecule has 3 unspecified atom stereocenters. The number of nitrogens with one attached hydrogen (secondary N) is 1. The Hall–Kier alpha value is -1.10. The van der Waals surface area contributed by atoms with E-state index in [0.717, 1.165) is 24.2 Å². The third-order valence-corrected chi connectivity index (χ3v) is 3.37. The maximum absolute atomic E-state index is 5.90. The standard InChI is InChI=1S/C14H22N2O2/c1-3-17-12-7-5-4-6-11(12)14(16-15)13-9-8-10(2)18-13/h4-7,10,13-14,16H,3,8-9,15H2,1-2H3. The summed E-state index contributed by atoms with van der Waals surface area (Å²) in [7, 11) is 0. The lowest BCUT2D eigenvalue weighted by Gasteiger charge is -2.25. The Morgan fingerprint density at radius 1 is 1.44 bits per heavy atom. The number of rotatable bonds is 5. The maximum atomic E-state index is 5.90. The van der Waals surface area contributed by atoms with Crippen molar-refractivity contribution in [1.82, 2.24) is 5.43 Å². The van der Waals surface area contributed by atoms with Gasteiger partial charge in [0, 0.05) is 5.56 Å². The molecule has 0 radical (unpaired) electrons. The zero-order valence-electron chi connectivity index (χ0n) is 11.1. The summed E-state index contributed by atoms with van der Waals surface area (Å²) in [6.07, 6.45) is 2.53. The normalized spacial score (nSPS) is 25.1. The van der Waals surface area contributed by atoms with E-state index in [0.29, 0.717) is 12.7 Å². The van der Waals surface area contributed by atoms with Crippen LogP contribution < -0.4 is 16.0 Å². The van der Waals surface area contributed by atoms with Crippen molar-refractivity contribution in [3.63, 3.8) is 0 Å². The molecule has 2 rings (SSSR count). The highest BCUT2D eigenvalue weighted by Gasteiger charge is 2.31.